The Morgan fingerprint density at radius 1 is 1.44 bits per heavy atom. The molecule has 100 valence electrons. The molecule has 18 heavy (non-hydrogen) atoms. The molecule has 0 aromatic carbocycles. The predicted molar refractivity (Wildman–Crippen MR) is 69.2 cm³/mol. The number of hydrogen-bond donors (Lipinski definition) is 3. The van der Waals surface area contributed by atoms with E-state index in [0.29, 0.717) is 11.6 Å². The Labute approximate surface area is 107 Å². The van der Waals surface area contributed by atoms with Crippen LogP contribution in [-0.2, 0) is 10.0 Å². The number of hydrazine groups is 1. The largest absolute Gasteiger partial charge is 0.323 e. The van der Waals surface area contributed by atoms with Gasteiger partial charge in [-0.25, -0.2) is 13.1 Å². The number of pyridine rings is 1. The van der Waals surface area contributed by atoms with Gasteiger partial charge in [0.1, 0.15) is 4.90 Å². The molecule has 2 rings (SSSR count). The highest BCUT2D eigenvalue weighted by molar-refractivity contribution is 7.89. The normalized spacial score (nSPS) is 24.1. The Morgan fingerprint density at radius 3 is 2.83 bits per heavy atom. The molecule has 4 N–H and O–H groups in total. The maximum Gasteiger partial charge on any atom is 0.244 e. The summed E-state index contributed by atoms with van der Waals surface area (Å²) in [7, 11) is -3.56. The summed E-state index contributed by atoms with van der Waals surface area (Å²) in [6, 6.07) is 1.54. The van der Waals surface area contributed by atoms with E-state index < -0.39 is 10.0 Å². The smallest absolute Gasteiger partial charge is 0.244 e. The Morgan fingerprint density at radius 2 is 2.22 bits per heavy atom. The number of rotatable bonds is 4. The van der Waals surface area contributed by atoms with Gasteiger partial charge in [0.15, 0.2) is 0 Å². The number of nitrogen functional groups attached to an aromatic ring is 1. The van der Waals surface area contributed by atoms with Crippen LogP contribution in [0.3, 0.4) is 0 Å². The number of aromatic nitrogens is 1. The van der Waals surface area contributed by atoms with Crippen molar-refractivity contribution in [2.75, 3.05) is 5.43 Å². The second kappa shape index (κ2) is 5.21. The number of nitrogens with zero attached hydrogens (tertiary/aromatic N) is 1. The first-order valence-electron chi connectivity index (χ1n) is 5.96. The van der Waals surface area contributed by atoms with Crippen molar-refractivity contribution < 1.29 is 8.42 Å². The predicted octanol–water partition coefficient (Wildman–Crippen LogP) is 0.834. The highest BCUT2D eigenvalue weighted by Crippen LogP contribution is 2.27. The van der Waals surface area contributed by atoms with Gasteiger partial charge in [0, 0.05) is 18.4 Å². The monoisotopic (exact) mass is 270 g/mol. The number of nitrogens with one attached hydrogen (secondary N) is 2. The summed E-state index contributed by atoms with van der Waals surface area (Å²) < 4.78 is 27.2. The van der Waals surface area contributed by atoms with E-state index in [1.807, 2.05) is 0 Å². The minimum Gasteiger partial charge on any atom is -0.323 e. The van der Waals surface area contributed by atoms with Crippen LogP contribution >= 0.6 is 0 Å². The maximum absolute atomic E-state index is 12.2. The second-order valence-corrected chi connectivity index (χ2v) is 6.44. The molecule has 0 spiro atoms. The van der Waals surface area contributed by atoms with E-state index in [4.69, 9.17) is 5.84 Å². The Hall–Kier alpha value is -1.18. The molecule has 0 bridgehead atoms. The average molecular weight is 270 g/mol. The Bertz CT molecular complexity index is 518. The zero-order valence-electron chi connectivity index (χ0n) is 10.3. The van der Waals surface area contributed by atoms with Gasteiger partial charge in [0.25, 0.3) is 0 Å². The number of hydrogen-bond acceptors (Lipinski definition) is 5. The van der Waals surface area contributed by atoms with E-state index in [0.717, 1.165) is 19.3 Å². The molecule has 1 aliphatic carbocycles. The van der Waals surface area contributed by atoms with Crippen LogP contribution in [0.15, 0.2) is 23.4 Å². The van der Waals surface area contributed by atoms with Gasteiger partial charge in [0.05, 0.1) is 5.69 Å². The fraction of sp³-hybridized carbons (Fsp3) is 0.545. The van der Waals surface area contributed by atoms with Crippen molar-refractivity contribution in [3.63, 3.8) is 0 Å². The Balaban J connectivity index is 2.20. The van der Waals surface area contributed by atoms with Crippen molar-refractivity contribution in [1.29, 1.82) is 0 Å². The van der Waals surface area contributed by atoms with Gasteiger partial charge < -0.3 is 5.43 Å². The van der Waals surface area contributed by atoms with Crippen molar-refractivity contribution in [3.05, 3.63) is 18.5 Å². The third kappa shape index (κ3) is 2.80. The Kier molecular flexibility index (Phi) is 3.84. The van der Waals surface area contributed by atoms with Gasteiger partial charge in [-0.2, -0.15) is 0 Å². The minimum absolute atomic E-state index is 0.0100. The van der Waals surface area contributed by atoms with Crippen LogP contribution in [0.4, 0.5) is 5.69 Å². The topological polar surface area (TPSA) is 97.1 Å². The molecule has 6 nitrogen and oxygen atoms in total. The molecular weight excluding hydrogens is 252 g/mol. The zero-order valence-corrected chi connectivity index (χ0v) is 11.1. The van der Waals surface area contributed by atoms with Gasteiger partial charge in [-0.15, -0.1) is 0 Å². The fourth-order valence-corrected chi connectivity index (χ4v) is 3.71. The van der Waals surface area contributed by atoms with Gasteiger partial charge in [0.2, 0.25) is 10.0 Å². The number of sulfonamides is 1. The summed E-state index contributed by atoms with van der Waals surface area (Å²) in [5, 5.41) is 0. The SMILES string of the molecule is CC1CCC(NS(=O)(=O)c2cnccc2NN)C1. The third-order valence-corrected chi connectivity index (χ3v) is 4.79. The summed E-state index contributed by atoms with van der Waals surface area (Å²) in [5.74, 6) is 5.88. The average Bonchev–Trinajstić information content (AvgIpc) is 2.74. The summed E-state index contributed by atoms with van der Waals surface area (Å²) in [4.78, 5) is 3.92. The molecule has 1 aromatic rings. The van der Waals surface area contributed by atoms with Gasteiger partial charge in [-0.3, -0.25) is 10.8 Å². The van der Waals surface area contributed by atoms with Crippen LogP contribution in [0, 0.1) is 5.92 Å². The number of anilines is 1. The summed E-state index contributed by atoms with van der Waals surface area (Å²) >= 11 is 0. The van der Waals surface area contributed by atoms with E-state index in [2.05, 4.69) is 22.1 Å². The second-order valence-electron chi connectivity index (χ2n) is 4.75. The lowest BCUT2D eigenvalue weighted by molar-refractivity contribution is 0.538. The molecule has 0 amide bonds. The van der Waals surface area contributed by atoms with Crippen LogP contribution in [0.2, 0.25) is 0 Å². The number of nitrogens with two attached hydrogens (primary N) is 1. The molecule has 1 aromatic heterocycles. The first-order valence-corrected chi connectivity index (χ1v) is 7.44. The lowest BCUT2D eigenvalue weighted by Crippen LogP contribution is -2.33. The molecule has 1 heterocycles. The van der Waals surface area contributed by atoms with Crippen LogP contribution in [-0.4, -0.2) is 19.4 Å². The standard InChI is InChI=1S/C11H18N4O2S/c1-8-2-3-9(6-8)15-18(16,17)11-7-13-5-4-10(11)14-12/h4-5,7-9,15H,2-3,6,12H2,1H3,(H,13,14). The molecule has 7 heteroatoms. The van der Waals surface area contributed by atoms with Gasteiger partial charge in [-0.05, 0) is 31.2 Å². The molecule has 0 radical (unpaired) electrons. The highest BCUT2D eigenvalue weighted by atomic mass is 32.2. The van der Waals surface area contributed by atoms with Crippen molar-refractivity contribution in [2.24, 2.45) is 11.8 Å². The first kappa shape index (κ1) is 13.3. The molecule has 0 saturated heterocycles. The fourth-order valence-electron chi connectivity index (χ4n) is 2.31. The van der Waals surface area contributed by atoms with Crippen molar-refractivity contribution in [3.8, 4) is 0 Å². The van der Waals surface area contributed by atoms with Crippen LogP contribution in [0.1, 0.15) is 26.2 Å². The van der Waals surface area contributed by atoms with E-state index in [1.54, 1.807) is 0 Å². The summed E-state index contributed by atoms with van der Waals surface area (Å²) in [6.45, 7) is 2.13. The molecule has 2 atom stereocenters. The third-order valence-electron chi connectivity index (χ3n) is 3.25. The molecule has 2 unspecified atom stereocenters. The van der Waals surface area contributed by atoms with Crippen molar-refractivity contribution in [2.45, 2.75) is 37.1 Å². The van der Waals surface area contributed by atoms with Gasteiger partial charge in [-0.1, -0.05) is 6.92 Å². The van der Waals surface area contributed by atoms with Crippen molar-refractivity contribution in [1.82, 2.24) is 9.71 Å². The van der Waals surface area contributed by atoms with E-state index in [-0.39, 0.29) is 10.9 Å². The van der Waals surface area contributed by atoms with E-state index >= 15 is 0 Å². The van der Waals surface area contributed by atoms with Crippen LogP contribution in [0.5, 0.6) is 0 Å². The lowest BCUT2D eigenvalue weighted by atomic mass is 10.1. The van der Waals surface area contributed by atoms with Crippen LogP contribution in [0.25, 0.3) is 0 Å². The summed E-state index contributed by atoms with van der Waals surface area (Å²) in [5.41, 5.74) is 2.73. The molecule has 1 aliphatic rings. The summed E-state index contributed by atoms with van der Waals surface area (Å²) in [6.07, 6.45) is 5.61. The van der Waals surface area contributed by atoms with E-state index in [1.165, 1.54) is 18.5 Å². The maximum atomic E-state index is 12.2. The van der Waals surface area contributed by atoms with E-state index in [9.17, 15) is 8.42 Å². The minimum atomic E-state index is -3.56. The molecule has 0 aliphatic heterocycles. The van der Waals surface area contributed by atoms with Crippen LogP contribution < -0.4 is 16.0 Å². The quantitative estimate of drug-likeness (QED) is 0.556. The first-order chi connectivity index (χ1) is 8.53. The highest BCUT2D eigenvalue weighted by Gasteiger charge is 2.27. The molecule has 1 fully saturated rings. The molecular formula is C11H18N4O2S. The zero-order chi connectivity index (χ0) is 13.2. The molecule has 1 saturated carbocycles. The van der Waals surface area contributed by atoms with Gasteiger partial charge >= 0.3 is 0 Å². The van der Waals surface area contributed by atoms with Crippen molar-refractivity contribution >= 4 is 15.7 Å². The lowest BCUT2D eigenvalue weighted by Gasteiger charge is -2.14.